The predicted molar refractivity (Wildman–Crippen MR) is 126 cm³/mol. The van der Waals surface area contributed by atoms with Crippen LogP contribution in [0.3, 0.4) is 0 Å². The molecule has 0 aliphatic carbocycles. The number of benzene rings is 2. The molecule has 1 N–H and O–H groups in total. The first kappa shape index (κ1) is 21.8. The molecule has 1 atom stereocenters. The normalized spacial score (nSPS) is 15.8. The van der Waals surface area contributed by atoms with Gasteiger partial charge in [0.1, 0.15) is 0 Å². The van der Waals surface area contributed by atoms with E-state index in [4.69, 9.17) is 16.6 Å². The van der Waals surface area contributed by atoms with Gasteiger partial charge in [-0.15, -0.1) is 11.3 Å². The summed E-state index contributed by atoms with van der Waals surface area (Å²) in [6, 6.07) is 13.5. The van der Waals surface area contributed by atoms with Crippen molar-refractivity contribution in [1.82, 2.24) is 15.2 Å². The molecular weight excluding hydrogens is 430 g/mol. The number of nitrogens with zero attached hydrogens (tertiary/aromatic N) is 2. The predicted octanol–water partition coefficient (Wildman–Crippen LogP) is 5.23. The van der Waals surface area contributed by atoms with E-state index in [-0.39, 0.29) is 24.3 Å². The zero-order valence-electron chi connectivity index (χ0n) is 17.7. The number of amides is 2. The molecule has 162 valence electrons. The van der Waals surface area contributed by atoms with Crippen molar-refractivity contribution >= 4 is 45.0 Å². The molecule has 2 amide bonds. The number of carbonyl (C=O) groups excluding carboxylic acids is 2. The lowest BCUT2D eigenvalue weighted by Crippen LogP contribution is -2.40. The third-order valence-corrected chi connectivity index (χ3v) is 7.23. The van der Waals surface area contributed by atoms with E-state index in [0.29, 0.717) is 24.0 Å². The van der Waals surface area contributed by atoms with E-state index >= 15 is 0 Å². The highest BCUT2D eigenvalue weighted by molar-refractivity contribution is 7.18. The molecule has 1 aliphatic rings. The van der Waals surface area contributed by atoms with Crippen LogP contribution in [-0.2, 0) is 9.59 Å². The van der Waals surface area contributed by atoms with Crippen LogP contribution < -0.4 is 5.32 Å². The Hall–Kier alpha value is -2.44. The molecule has 1 unspecified atom stereocenters. The number of carbonyl (C=O) groups is 2. The molecule has 0 radical (unpaired) electrons. The van der Waals surface area contributed by atoms with Gasteiger partial charge in [-0.05, 0) is 43.5 Å². The molecule has 3 aromatic rings. The smallest absolute Gasteiger partial charge is 0.224 e. The van der Waals surface area contributed by atoms with Crippen LogP contribution in [0.15, 0.2) is 42.5 Å². The summed E-state index contributed by atoms with van der Waals surface area (Å²) in [5.41, 5.74) is 3.05. The Morgan fingerprint density at radius 2 is 1.90 bits per heavy atom. The van der Waals surface area contributed by atoms with E-state index < -0.39 is 0 Å². The van der Waals surface area contributed by atoms with Crippen molar-refractivity contribution in [1.29, 1.82) is 0 Å². The van der Waals surface area contributed by atoms with Crippen molar-refractivity contribution in [2.75, 3.05) is 13.1 Å². The molecule has 1 aliphatic heterocycles. The monoisotopic (exact) mass is 455 g/mol. The van der Waals surface area contributed by atoms with Gasteiger partial charge in [0.25, 0.3) is 0 Å². The van der Waals surface area contributed by atoms with Gasteiger partial charge < -0.3 is 10.2 Å². The van der Waals surface area contributed by atoms with Crippen molar-refractivity contribution in [3.63, 3.8) is 0 Å². The standard InChI is InChI=1S/C24H26ClN3O2S/c1-15-3-5-17(6-4-15)20(26-16(2)29)14-23(30)28-11-9-18(10-12-28)24-27-21-13-19(25)7-8-22(21)31-24/h3-8,13,18,20H,9-12,14H2,1-2H3,(H,26,29). The number of likely N-dealkylation sites (tertiary alicyclic amines) is 1. The first-order valence-corrected chi connectivity index (χ1v) is 11.8. The molecular formula is C24H26ClN3O2S. The van der Waals surface area contributed by atoms with Crippen LogP contribution in [0, 0.1) is 6.92 Å². The van der Waals surface area contributed by atoms with Crippen molar-refractivity contribution in [2.24, 2.45) is 0 Å². The van der Waals surface area contributed by atoms with Gasteiger partial charge in [-0.1, -0.05) is 41.4 Å². The van der Waals surface area contributed by atoms with Gasteiger partial charge in [-0.25, -0.2) is 4.98 Å². The van der Waals surface area contributed by atoms with E-state index in [9.17, 15) is 9.59 Å². The van der Waals surface area contributed by atoms with Gasteiger partial charge in [0.05, 0.1) is 27.7 Å². The Balaban J connectivity index is 1.39. The first-order valence-electron chi connectivity index (χ1n) is 10.6. The number of rotatable bonds is 5. The molecule has 2 heterocycles. The molecule has 0 bridgehead atoms. The van der Waals surface area contributed by atoms with Crippen LogP contribution in [0.5, 0.6) is 0 Å². The van der Waals surface area contributed by atoms with E-state index in [2.05, 4.69) is 5.32 Å². The summed E-state index contributed by atoms with van der Waals surface area (Å²) in [6.45, 7) is 4.93. The maximum Gasteiger partial charge on any atom is 0.224 e. The average molecular weight is 456 g/mol. The fourth-order valence-corrected chi connectivity index (χ4v) is 5.35. The Bertz CT molecular complexity index is 1090. The van der Waals surface area contributed by atoms with E-state index in [0.717, 1.165) is 39.2 Å². The van der Waals surface area contributed by atoms with Crippen LogP contribution in [0.4, 0.5) is 0 Å². The highest BCUT2D eigenvalue weighted by atomic mass is 35.5. The second-order valence-corrected chi connectivity index (χ2v) is 9.69. The van der Waals surface area contributed by atoms with Gasteiger partial charge in [0, 0.05) is 31.0 Å². The van der Waals surface area contributed by atoms with Gasteiger partial charge in [-0.3, -0.25) is 9.59 Å². The average Bonchev–Trinajstić information content (AvgIpc) is 3.17. The summed E-state index contributed by atoms with van der Waals surface area (Å²) in [5, 5.41) is 4.76. The molecule has 4 rings (SSSR count). The minimum atomic E-state index is -0.308. The summed E-state index contributed by atoms with van der Waals surface area (Å²) in [5.74, 6) is 0.311. The minimum Gasteiger partial charge on any atom is -0.349 e. The lowest BCUT2D eigenvalue weighted by molar-refractivity contribution is -0.133. The summed E-state index contributed by atoms with van der Waals surface area (Å²) in [7, 11) is 0. The van der Waals surface area contributed by atoms with Crippen molar-refractivity contribution < 1.29 is 9.59 Å². The van der Waals surface area contributed by atoms with Crippen LogP contribution in [0.1, 0.15) is 54.3 Å². The number of hydrogen-bond donors (Lipinski definition) is 1. The molecule has 1 aromatic heterocycles. The van der Waals surface area contributed by atoms with E-state index in [1.165, 1.54) is 6.92 Å². The largest absolute Gasteiger partial charge is 0.349 e. The third-order valence-electron chi connectivity index (χ3n) is 5.80. The summed E-state index contributed by atoms with van der Waals surface area (Å²) < 4.78 is 1.15. The van der Waals surface area contributed by atoms with Gasteiger partial charge in [0.15, 0.2) is 0 Å². The van der Waals surface area contributed by atoms with Crippen molar-refractivity contribution in [3.05, 3.63) is 63.6 Å². The first-order chi connectivity index (χ1) is 14.9. The van der Waals surface area contributed by atoms with Gasteiger partial charge >= 0.3 is 0 Å². The van der Waals surface area contributed by atoms with Crippen molar-refractivity contribution in [3.8, 4) is 0 Å². The molecule has 31 heavy (non-hydrogen) atoms. The summed E-state index contributed by atoms with van der Waals surface area (Å²) >= 11 is 7.80. The Kier molecular flexibility index (Phi) is 6.58. The number of aromatic nitrogens is 1. The van der Waals surface area contributed by atoms with Crippen LogP contribution in [0.25, 0.3) is 10.2 Å². The molecule has 0 spiro atoms. The molecule has 5 nitrogen and oxygen atoms in total. The number of piperidine rings is 1. The van der Waals surface area contributed by atoms with Crippen LogP contribution in [0.2, 0.25) is 5.02 Å². The number of halogens is 1. The lowest BCUT2D eigenvalue weighted by atomic mass is 9.96. The van der Waals surface area contributed by atoms with Gasteiger partial charge in [-0.2, -0.15) is 0 Å². The topological polar surface area (TPSA) is 62.3 Å². The summed E-state index contributed by atoms with van der Waals surface area (Å²) in [4.78, 5) is 31.4. The maximum atomic E-state index is 13.0. The Morgan fingerprint density at radius 1 is 1.19 bits per heavy atom. The summed E-state index contributed by atoms with van der Waals surface area (Å²) in [6.07, 6.45) is 2.07. The van der Waals surface area contributed by atoms with E-state index in [1.54, 1.807) is 11.3 Å². The van der Waals surface area contributed by atoms with Crippen LogP contribution in [-0.4, -0.2) is 34.8 Å². The molecule has 1 fully saturated rings. The lowest BCUT2D eigenvalue weighted by Gasteiger charge is -2.32. The fraction of sp³-hybridized carbons (Fsp3) is 0.375. The molecule has 1 saturated heterocycles. The Morgan fingerprint density at radius 3 is 2.58 bits per heavy atom. The zero-order valence-corrected chi connectivity index (χ0v) is 19.3. The molecule has 2 aromatic carbocycles. The number of nitrogens with one attached hydrogen (secondary N) is 1. The molecule has 7 heteroatoms. The number of hydrogen-bond acceptors (Lipinski definition) is 4. The second kappa shape index (κ2) is 9.37. The second-order valence-electron chi connectivity index (χ2n) is 8.19. The number of aryl methyl sites for hydroxylation is 1. The Labute approximate surface area is 191 Å². The zero-order chi connectivity index (χ0) is 22.0. The highest BCUT2D eigenvalue weighted by Gasteiger charge is 2.28. The van der Waals surface area contributed by atoms with E-state index in [1.807, 2.05) is 54.3 Å². The maximum absolute atomic E-state index is 13.0. The minimum absolute atomic E-state index is 0.0776. The fourth-order valence-electron chi connectivity index (χ4n) is 4.07. The number of thiazole rings is 1. The van der Waals surface area contributed by atoms with Crippen molar-refractivity contribution in [2.45, 2.75) is 45.1 Å². The van der Waals surface area contributed by atoms with Crippen LogP contribution >= 0.6 is 22.9 Å². The molecule has 0 saturated carbocycles. The quantitative estimate of drug-likeness (QED) is 0.572. The third kappa shape index (κ3) is 5.25. The SMILES string of the molecule is CC(=O)NC(CC(=O)N1CCC(c2nc3cc(Cl)ccc3s2)CC1)c1ccc(C)cc1. The number of fused-ring (bicyclic) bond motifs is 1. The van der Waals surface area contributed by atoms with Gasteiger partial charge in [0.2, 0.25) is 11.8 Å². The highest BCUT2D eigenvalue weighted by Crippen LogP contribution is 2.35.